The number of likely N-dealkylation sites (N-methyl/N-ethyl adjacent to an activating group) is 1. The van der Waals surface area contributed by atoms with E-state index < -0.39 is 0 Å². The minimum absolute atomic E-state index is 0.0374. The molecule has 0 bridgehead atoms. The van der Waals surface area contributed by atoms with Gasteiger partial charge in [-0.3, -0.25) is 14.6 Å². The molecule has 3 aromatic carbocycles. The van der Waals surface area contributed by atoms with E-state index >= 15 is 0 Å². The summed E-state index contributed by atoms with van der Waals surface area (Å²) in [5.41, 5.74) is 3.16. The lowest BCUT2D eigenvalue weighted by Gasteiger charge is -2.32. The number of hydrogen-bond acceptors (Lipinski definition) is 6. The van der Waals surface area contributed by atoms with Gasteiger partial charge >= 0.3 is 0 Å². The molecule has 2 amide bonds. The molecule has 0 fully saturated rings. The second-order valence-corrected chi connectivity index (χ2v) is 9.69. The number of anilines is 1. The average Bonchev–Trinajstić information content (AvgIpc) is 3.33. The Morgan fingerprint density at radius 1 is 0.946 bits per heavy atom. The van der Waals surface area contributed by atoms with Crippen LogP contribution in [0.1, 0.15) is 25.0 Å². The van der Waals surface area contributed by atoms with Crippen molar-refractivity contribution in [3.8, 4) is 5.75 Å². The number of carbonyl (C=O) groups is 2. The molecule has 1 heterocycles. The van der Waals surface area contributed by atoms with Crippen LogP contribution in [0, 0.1) is 0 Å². The van der Waals surface area contributed by atoms with E-state index in [0.29, 0.717) is 43.7 Å². The molecule has 0 atom stereocenters. The van der Waals surface area contributed by atoms with Crippen molar-refractivity contribution in [2.75, 3.05) is 45.2 Å². The number of methoxy groups -OCH3 is 1. The van der Waals surface area contributed by atoms with Gasteiger partial charge in [-0.1, -0.05) is 62.4 Å². The molecule has 8 heteroatoms. The van der Waals surface area contributed by atoms with Crippen LogP contribution in [0.4, 0.5) is 5.69 Å². The number of fused-ring (bicyclic) bond motifs is 2. The van der Waals surface area contributed by atoms with Gasteiger partial charge in [-0.05, 0) is 34.0 Å². The molecule has 37 heavy (non-hydrogen) atoms. The number of benzene rings is 3. The smallest absolute Gasteiger partial charge is 0.256 e. The number of hydrogen-bond donors (Lipinski definition) is 2. The van der Waals surface area contributed by atoms with E-state index in [2.05, 4.69) is 36.6 Å². The third kappa shape index (κ3) is 6.58. The second kappa shape index (κ2) is 12.1. The summed E-state index contributed by atoms with van der Waals surface area (Å²) >= 11 is 0. The van der Waals surface area contributed by atoms with E-state index in [1.807, 2.05) is 53.5 Å². The molecule has 0 radical (unpaired) electrons. The highest BCUT2D eigenvalue weighted by molar-refractivity contribution is 5.92. The van der Waals surface area contributed by atoms with Crippen molar-refractivity contribution in [1.82, 2.24) is 20.7 Å². The molecule has 0 unspecified atom stereocenters. The summed E-state index contributed by atoms with van der Waals surface area (Å²) in [6, 6.07) is 20.5. The molecule has 0 saturated carbocycles. The lowest BCUT2D eigenvalue weighted by atomic mass is 10.1. The quantitative estimate of drug-likeness (QED) is 0.392. The molecule has 4 rings (SSSR count). The Morgan fingerprint density at radius 2 is 1.57 bits per heavy atom. The van der Waals surface area contributed by atoms with Crippen LogP contribution in [0.5, 0.6) is 5.75 Å². The second-order valence-electron chi connectivity index (χ2n) is 9.69. The SMILES string of the molecule is COc1cc2ccccc2cc1N(CC(=O)NCCNC(C)C)CC(=O)N(C)N1Cc2ccccc2C1. The summed E-state index contributed by atoms with van der Waals surface area (Å²) in [4.78, 5) is 28.2. The van der Waals surface area contributed by atoms with Gasteiger partial charge < -0.3 is 20.3 Å². The van der Waals surface area contributed by atoms with Crippen molar-refractivity contribution in [3.05, 3.63) is 71.8 Å². The van der Waals surface area contributed by atoms with Gasteiger partial charge in [0, 0.05) is 39.3 Å². The maximum atomic E-state index is 13.5. The zero-order valence-corrected chi connectivity index (χ0v) is 22.2. The first-order chi connectivity index (χ1) is 17.9. The van der Waals surface area contributed by atoms with Crippen molar-refractivity contribution >= 4 is 28.3 Å². The van der Waals surface area contributed by atoms with Gasteiger partial charge in [0.05, 0.1) is 25.9 Å². The number of carbonyl (C=O) groups excluding carboxylic acids is 2. The molecule has 1 aliphatic heterocycles. The highest BCUT2D eigenvalue weighted by Gasteiger charge is 2.27. The fourth-order valence-electron chi connectivity index (χ4n) is 4.59. The van der Waals surface area contributed by atoms with Gasteiger partial charge in [0.1, 0.15) is 5.75 Å². The summed E-state index contributed by atoms with van der Waals surface area (Å²) in [7, 11) is 3.40. The van der Waals surface area contributed by atoms with Crippen molar-refractivity contribution < 1.29 is 14.3 Å². The van der Waals surface area contributed by atoms with Crippen LogP contribution < -0.4 is 20.3 Å². The number of hydrazine groups is 1. The standard InChI is InChI=1S/C29H37N5O3/c1-21(2)30-13-14-31-28(35)19-33(26-15-22-9-5-6-10-23(22)16-27(26)37-4)20-29(36)32(3)34-17-24-11-7-8-12-25(24)18-34/h5-12,15-16,21,30H,13-14,17-20H2,1-4H3,(H,31,35). The minimum atomic E-state index is -0.148. The Bertz CT molecular complexity index is 1220. The largest absolute Gasteiger partial charge is 0.495 e. The number of amides is 2. The first kappa shape index (κ1) is 26.4. The molecule has 196 valence electrons. The van der Waals surface area contributed by atoms with Crippen LogP contribution in [0.2, 0.25) is 0 Å². The van der Waals surface area contributed by atoms with Gasteiger partial charge in [0.2, 0.25) is 5.91 Å². The third-order valence-electron chi connectivity index (χ3n) is 6.66. The Balaban J connectivity index is 1.53. The minimum Gasteiger partial charge on any atom is -0.495 e. The fraction of sp³-hybridized carbons (Fsp3) is 0.379. The molecular weight excluding hydrogens is 466 g/mol. The lowest BCUT2D eigenvalue weighted by molar-refractivity contribution is -0.145. The predicted molar refractivity (Wildman–Crippen MR) is 147 cm³/mol. The Labute approximate surface area is 219 Å². The van der Waals surface area contributed by atoms with Gasteiger partial charge in [0.25, 0.3) is 5.91 Å². The Hall–Kier alpha value is -3.62. The van der Waals surface area contributed by atoms with Crippen molar-refractivity contribution in [1.29, 1.82) is 0 Å². The molecule has 1 aliphatic rings. The monoisotopic (exact) mass is 503 g/mol. The van der Waals surface area contributed by atoms with E-state index in [-0.39, 0.29) is 24.9 Å². The average molecular weight is 504 g/mol. The first-order valence-electron chi connectivity index (χ1n) is 12.8. The summed E-state index contributed by atoms with van der Waals surface area (Å²) in [6.45, 7) is 6.76. The molecule has 8 nitrogen and oxygen atoms in total. The van der Waals surface area contributed by atoms with Crippen LogP contribution in [-0.4, -0.2) is 68.2 Å². The molecule has 0 spiro atoms. The number of ether oxygens (including phenoxy) is 1. The number of nitrogens with one attached hydrogen (secondary N) is 2. The van der Waals surface area contributed by atoms with Crippen LogP contribution in [0.25, 0.3) is 10.8 Å². The van der Waals surface area contributed by atoms with E-state index in [1.165, 1.54) is 11.1 Å². The first-order valence-corrected chi connectivity index (χ1v) is 12.8. The van der Waals surface area contributed by atoms with E-state index in [4.69, 9.17) is 4.74 Å². The molecule has 3 aromatic rings. The number of nitrogens with zero attached hydrogens (tertiary/aromatic N) is 3. The van der Waals surface area contributed by atoms with Gasteiger partial charge in [-0.15, -0.1) is 0 Å². The van der Waals surface area contributed by atoms with Crippen molar-refractivity contribution in [3.63, 3.8) is 0 Å². The molecule has 2 N–H and O–H groups in total. The van der Waals surface area contributed by atoms with E-state index in [0.717, 1.165) is 10.8 Å². The van der Waals surface area contributed by atoms with Crippen LogP contribution in [0.3, 0.4) is 0 Å². The maximum Gasteiger partial charge on any atom is 0.256 e. The zero-order chi connectivity index (χ0) is 26.4. The normalized spacial score (nSPS) is 13.0. The topological polar surface area (TPSA) is 77.1 Å². The van der Waals surface area contributed by atoms with E-state index in [1.54, 1.807) is 24.1 Å². The lowest BCUT2D eigenvalue weighted by Crippen LogP contribution is -2.48. The molecular formula is C29H37N5O3. The highest BCUT2D eigenvalue weighted by atomic mass is 16.5. The third-order valence-corrected chi connectivity index (χ3v) is 6.66. The van der Waals surface area contributed by atoms with Crippen LogP contribution in [0.15, 0.2) is 60.7 Å². The van der Waals surface area contributed by atoms with Gasteiger partial charge in [-0.2, -0.15) is 0 Å². The Morgan fingerprint density at radius 3 is 2.19 bits per heavy atom. The molecule has 0 aliphatic carbocycles. The zero-order valence-electron chi connectivity index (χ0n) is 22.2. The van der Waals surface area contributed by atoms with Crippen LogP contribution >= 0.6 is 0 Å². The summed E-state index contributed by atoms with van der Waals surface area (Å²) < 4.78 is 5.71. The summed E-state index contributed by atoms with van der Waals surface area (Å²) in [5.74, 6) is 0.374. The Kier molecular flexibility index (Phi) is 8.63. The fourth-order valence-corrected chi connectivity index (χ4v) is 4.59. The van der Waals surface area contributed by atoms with Crippen LogP contribution in [-0.2, 0) is 22.7 Å². The molecule has 0 saturated heterocycles. The maximum absolute atomic E-state index is 13.5. The van der Waals surface area contributed by atoms with Gasteiger partial charge in [0.15, 0.2) is 0 Å². The van der Waals surface area contributed by atoms with Gasteiger partial charge in [-0.25, -0.2) is 5.01 Å². The predicted octanol–water partition coefficient (Wildman–Crippen LogP) is 3.16. The number of rotatable bonds is 11. The van der Waals surface area contributed by atoms with Crippen molar-refractivity contribution in [2.45, 2.75) is 33.0 Å². The summed E-state index contributed by atoms with van der Waals surface area (Å²) in [6.07, 6.45) is 0. The highest BCUT2D eigenvalue weighted by Crippen LogP contribution is 2.33. The van der Waals surface area contributed by atoms with Crippen molar-refractivity contribution in [2.24, 2.45) is 0 Å². The van der Waals surface area contributed by atoms with E-state index in [9.17, 15) is 9.59 Å². The summed E-state index contributed by atoms with van der Waals surface area (Å²) in [5, 5.41) is 12.0. The molecule has 0 aromatic heterocycles.